The molecule has 1 aromatic carbocycles. The lowest BCUT2D eigenvalue weighted by Gasteiger charge is -2.18. The zero-order chi connectivity index (χ0) is 16.6. The van der Waals surface area contributed by atoms with Gasteiger partial charge in [-0.1, -0.05) is 24.3 Å². The number of nitrogens with one attached hydrogen (secondary N) is 2. The van der Waals surface area contributed by atoms with Crippen LogP contribution < -0.4 is 15.5 Å². The molecule has 0 saturated heterocycles. The molecule has 0 aliphatic carbocycles. The second-order valence-electron chi connectivity index (χ2n) is 5.82. The van der Waals surface area contributed by atoms with Gasteiger partial charge in [-0.25, -0.2) is 0 Å². The van der Waals surface area contributed by atoms with Gasteiger partial charge < -0.3 is 20.1 Å². The third-order valence-corrected chi connectivity index (χ3v) is 4.13. The molecule has 2 aromatic rings. The van der Waals surface area contributed by atoms with E-state index >= 15 is 0 Å². The third-order valence-electron chi connectivity index (χ3n) is 4.13. The van der Waals surface area contributed by atoms with E-state index in [1.165, 1.54) is 11.3 Å². The van der Waals surface area contributed by atoms with Crippen LogP contribution in [0.2, 0.25) is 0 Å². The molecule has 1 aromatic heterocycles. The summed E-state index contributed by atoms with van der Waals surface area (Å²) in [7, 11) is 1.80. The minimum Gasteiger partial charge on any atom is -0.364 e. The number of hydrogen-bond donors (Lipinski definition) is 2. The summed E-state index contributed by atoms with van der Waals surface area (Å²) >= 11 is 0. The zero-order valence-electron chi connectivity index (χ0n) is 14.2. The molecule has 0 bridgehead atoms. The Kier molecular flexibility index (Phi) is 5.56. The van der Waals surface area contributed by atoms with E-state index in [1.807, 2.05) is 12.1 Å². The molecule has 3 rings (SSSR count). The molecule has 0 saturated carbocycles. The number of aromatic nitrogens is 1. The summed E-state index contributed by atoms with van der Waals surface area (Å²) in [6.45, 7) is 4.55. The number of hydrogen-bond acceptors (Lipinski definition) is 2. The topological polar surface area (TPSA) is 44.6 Å². The van der Waals surface area contributed by atoms with E-state index in [0.29, 0.717) is 0 Å². The van der Waals surface area contributed by atoms with E-state index < -0.39 is 0 Å². The minimum absolute atomic E-state index is 0.766. The zero-order valence-corrected chi connectivity index (χ0v) is 14.2. The van der Waals surface area contributed by atoms with Crippen molar-refractivity contribution >= 4 is 11.6 Å². The van der Waals surface area contributed by atoms with Gasteiger partial charge in [-0.05, 0) is 29.8 Å². The normalized spacial score (nSPS) is 14.2. The molecule has 1 aliphatic heterocycles. The number of guanidine groups is 1. The molecule has 24 heavy (non-hydrogen) atoms. The Balaban J connectivity index is 1.43. The van der Waals surface area contributed by atoms with Crippen LogP contribution in [-0.2, 0) is 13.1 Å². The Bertz CT molecular complexity index is 662. The summed E-state index contributed by atoms with van der Waals surface area (Å²) in [4.78, 5) is 6.62. The Morgan fingerprint density at radius 1 is 1.04 bits per heavy atom. The summed E-state index contributed by atoms with van der Waals surface area (Å²) in [6.07, 6.45) is 8.54. The van der Waals surface area contributed by atoms with Crippen molar-refractivity contribution in [3.63, 3.8) is 0 Å². The standard InChI is InChI=1S/C19H25N5/c1-20-19(21-10-15-23-11-2-3-12-23)22-16-17-6-8-18(9-7-17)24-13-4-5-14-24/h2-9,11-12H,10,13-16H2,1H3,(H2,20,21,22). The van der Waals surface area contributed by atoms with Crippen molar-refractivity contribution in [2.75, 3.05) is 31.6 Å². The smallest absolute Gasteiger partial charge is 0.191 e. The first-order chi connectivity index (χ1) is 11.8. The van der Waals surface area contributed by atoms with Crippen molar-refractivity contribution in [3.8, 4) is 0 Å². The van der Waals surface area contributed by atoms with Gasteiger partial charge in [-0.3, -0.25) is 4.99 Å². The first-order valence-electron chi connectivity index (χ1n) is 8.39. The van der Waals surface area contributed by atoms with Crippen molar-refractivity contribution in [3.05, 3.63) is 66.5 Å². The van der Waals surface area contributed by atoms with Gasteiger partial charge >= 0.3 is 0 Å². The summed E-state index contributed by atoms with van der Waals surface area (Å²) < 4.78 is 2.15. The fourth-order valence-corrected chi connectivity index (χ4v) is 2.74. The molecule has 2 heterocycles. The Morgan fingerprint density at radius 3 is 2.42 bits per heavy atom. The van der Waals surface area contributed by atoms with E-state index in [9.17, 15) is 0 Å². The maximum absolute atomic E-state index is 4.27. The van der Waals surface area contributed by atoms with E-state index in [1.54, 1.807) is 7.05 Å². The second-order valence-corrected chi connectivity index (χ2v) is 5.82. The van der Waals surface area contributed by atoms with Crippen molar-refractivity contribution in [2.24, 2.45) is 4.99 Å². The lowest BCUT2D eigenvalue weighted by atomic mass is 10.2. The number of rotatable bonds is 6. The summed E-state index contributed by atoms with van der Waals surface area (Å²) in [5.41, 5.74) is 2.53. The predicted molar refractivity (Wildman–Crippen MR) is 100 cm³/mol. The molecule has 126 valence electrons. The van der Waals surface area contributed by atoms with Crippen LogP contribution in [0.4, 0.5) is 5.69 Å². The molecule has 0 radical (unpaired) electrons. The molecule has 0 atom stereocenters. The van der Waals surface area contributed by atoms with E-state index in [-0.39, 0.29) is 0 Å². The van der Waals surface area contributed by atoms with Crippen molar-refractivity contribution in [1.29, 1.82) is 0 Å². The highest BCUT2D eigenvalue weighted by atomic mass is 15.2. The van der Waals surface area contributed by atoms with Crippen molar-refractivity contribution < 1.29 is 0 Å². The fourth-order valence-electron chi connectivity index (χ4n) is 2.74. The highest BCUT2D eigenvalue weighted by Gasteiger charge is 2.07. The molecule has 5 nitrogen and oxygen atoms in total. The largest absolute Gasteiger partial charge is 0.364 e. The monoisotopic (exact) mass is 323 g/mol. The number of nitrogens with zero attached hydrogens (tertiary/aromatic N) is 3. The van der Waals surface area contributed by atoms with E-state index in [0.717, 1.165) is 38.7 Å². The van der Waals surface area contributed by atoms with E-state index in [2.05, 4.69) is 73.9 Å². The van der Waals surface area contributed by atoms with E-state index in [4.69, 9.17) is 0 Å². The lowest BCUT2D eigenvalue weighted by molar-refractivity contribution is 0.665. The highest BCUT2D eigenvalue weighted by molar-refractivity contribution is 5.79. The Hall–Kier alpha value is -2.69. The summed E-state index contributed by atoms with van der Waals surface area (Å²) in [6, 6.07) is 12.8. The average Bonchev–Trinajstić information content (AvgIpc) is 3.32. The summed E-state index contributed by atoms with van der Waals surface area (Å²) in [5, 5.41) is 6.69. The highest BCUT2D eigenvalue weighted by Crippen LogP contribution is 2.17. The molecule has 0 unspecified atom stereocenters. The van der Waals surface area contributed by atoms with Gasteiger partial charge in [0.05, 0.1) is 0 Å². The summed E-state index contributed by atoms with van der Waals surface area (Å²) in [5.74, 6) is 0.829. The molecule has 5 heteroatoms. The maximum Gasteiger partial charge on any atom is 0.191 e. The van der Waals surface area contributed by atoms with Crippen LogP contribution in [0.3, 0.4) is 0 Å². The number of anilines is 1. The molecule has 2 N–H and O–H groups in total. The first-order valence-corrected chi connectivity index (χ1v) is 8.39. The van der Waals surface area contributed by atoms with Gasteiger partial charge in [0.15, 0.2) is 5.96 Å². The SMILES string of the molecule is CN=C(NCCn1cccc1)NCc1ccc(N2CC=CC2)cc1. The van der Waals surface area contributed by atoms with Crippen LogP contribution in [0.1, 0.15) is 5.56 Å². The van der Waals surface area contributed by atoms with Gasteiger partial charge in [0.1, 0.15) is 0 Å². The van der Waals surface area contributed by atoms with Crippen LogP contribution in [0, 0.1) is 0 Å². The van der Waals surface area contributed by atoms with Gasteiger partial charge in [0.25, 0.3) is 0 Å². The lowest BCUT2D eigenvalue weighted by Crippen LogP contribution is -2.38. The quantitative estimate of drug-likeness (QED) is 0.487. The van der Waals surface area contributed by atoms with Gasteiger partial charge in [-0.15, -0.1) is 0 Å². The van der Waals surface area contributed by atoms with Crippen molar-refractivity contribution in [1.82, 2.24) is 15.2 Å². The second kappa shape index (κ2) is 8.24. The average molecular weight is 323 g/mol. The van der Waals surface area contributed by atoms with Crippen LogP contribution in [0.25, 0.3) is 0 Å². The molecule has 0 fully saturated rings. The van der Waals surface area contributed by atoms with Crippen LogP contribution in [-0.4, -0.2) is 37.2 Å². The van der Waals surface area contributed by atoms with Crippen LogP contribution in [0.15, 0.2) is 65.9 Å². The van der Waals surface area contributed by atoms with Gasteiger partial charge in [0, 0.05) is 57.9 Å². The van der Waals surface area contributed by atoms with Crippen molar-refractivity contribution in [2.45, 2.75) is 13.1 Å². The third kappa shape index (κ3) is 4.41. The Labute approximate surface area is 143 Å². The number of benzene rings is 1. The molecule has 0 amide bonds. The Morgan fingerprint density at radius 2 is 1.75 bits per heavy atom. The number of aliphatic imine (C=N–C) groups is 1. The van der Waals surface area contributed by atoms with Crippen LogP contribution in [0.5, 0.6) is 0 Å². The van der Waals surface area contributed by atoms with Gasteiger partial charge in [-0.2, -0.15) is 0 Å². The first kappa shape index (κ1) is 16.2. The van der Waals surface area contributed by atoms with Gasteiger partial charge in [0.2, 0.25) is 0 Å². The maximum atomic E-state index is 4.27. The molecular weight excluding hydrogens is 298 g/mol. The predicted octanol–water partition coefficient (Wildman–Crippen LogP) is 2.23. The fraction of sp³-hybridized carbons (Fsp3) is 0.316. The minimum atomic E-state index is 0.766. The molecule has 1 aliphatic rings. The van der Waals surface area contributed by atoms with Crippen LogP contribution >= 0.6 is 0 Å². The molecular formula is C19H25N5. The molecule has 0 spiro atoms.